The minimum Gasteiger partial charge on any atom is -0.460 e. The van der Waals surface area contributed by atoms with Crippen molar-refractivity contribution in [3.63, 3.8) is 0 Å². The third-order valence-corrected chi connectivity index (χ3v) is 4.44. The highest BCUT2D eigenvalue weighted by Gasteiger charge is 2.25. The van der Waals surface area contributed by atoms with Gasteiger partial charge in [-0.15, -0.1) is 0 Å². The molecular weight excluding hydrogens is 344 g/mol. The molecule has 1 saturated carbocycles. The number of ether oxygens (including phenoxy) is 1. The molecular formula is C17H19ClN4O3. The largest absolute Gasteiger partial charge is 0.460 e. The van der Waals surface area contributed by atoms with Crippen LogP contribution in [0.25, 0.3) is 0 Å². The van der Waals surface area contributed by atoms with Crippen molar-refractivity contribution in [3.8, 4) is 6.01 Å². The quantitative estimate of drug-likeness (QED) is 0.898. The van der Waals surface area contributed by atoms with Gasteiger partial charge >= 0.3 is 6.01 Å². The second kappa shape index (κ2) is 7.65. The highest BCUT2D eigenvalue weighted by molar-refractivity contribution is 6.30. The number of rotatable bonds is 4. The SMILES string of the molecule is Cn1cccc(C(=O)NC2CCC(Oc3ncc(Cl)cn3)CC2)c1=O. The molecule has 3 rings (SSSR count). The summed E-state index contributed by atoms with van der Waals surface area (Å²) < 4.78 is 7.13. The summed E-state index contributed by atoms with van der Waals surface area (Å²) in [5.41, 5.74) is -0.130. The Bertz CT molecular complexity index is 798. The van der Waals surface area contributed by atoms with E-state index in [1.807, 2.05) is 0 Å². The van der Waals surface area contributed by atoms with Crippen molar-refractivity contribution < 1.29 is 9.53 Å². The van der Waals surface area contributed by atoms with Crippen LogP contribution >= 0.6 is 11.6 Å². The second-order valence-electron chi connectivity index (χ2n) is 6.09. The Hall–Kier alpha value is -2.41. The predicted molar refractivity (Wildman–Crippen MR) is 92.9 cm³/mol. The van der Waals surface area contributed by atoms with Crippen LogP contribution in [0.1, 0.15) is 36.0 Å². The van der Waals surface area contributed by atoms with E-state index in [0.717, 1.165) is 25.7 Å². The normalized spacial score (nSPS) is 20.1. The molecule has 1 amide bonds. The number of halogens is 1. The van der Waals surface area contributed by atoms with Crippen LogP contribution in [0.5, 0.6) is 6.01 Å². The van der Waals surface area contributed by atoms with Crippen LogP contribution in [-0.4, -0.2) is 32.6 Å². The molecule has 0 spiro atoms. The van der Waals surface area contributed by atoms with Gasteiger partial charge in [-0.3, -0.25) is 9.59 Å². The predicted octanol–water partition coefficient (Wildman–Crippen LogP) is 1.95. The number of carbonyl (C=O) groups is 1. The van der Waals surface area contributed by atoms with E-state index < -0.39 is 0 Å². The van der Waals surface area contributed by atoms with Gasteiger partial charge in [-0.2, -0.15) is 0 Å². The van der Waals surface area contributed by atoms with E-state index in [1.54, 1.807) is 25.4 Å². The van der Waals surface area contributed by atoms with Gasteiger partial charge in [0.25, 0.3) is 11.5 Å². The molecule has 7 nitrogen and oxygen atoms in total. The summed E-state index contributed by atoms with van der Waals surface area (Å²) in [6.45, 7) is 0. The lowest BCUT2D eigenvalue weighted by Gasteiger charge is -2.28. The van der Waals surface area contributed by atoms with E-state index in [9.17, 15) is 9.59 Å². The van der Waals surface area contributed by atoms with Crippen molar-refractivity contribution in [2.45, 2.75) is 37.8 Å². The van der Waals surface area contributed by atoms with Crippen molar-refractivity contribution in [2.75, 3.05) is 0 Å². The molecule has 0 bridgehead atoms. The maximum Gasteiger partial charge on any atom is 0.316 e. The van der Waals surface area contributed by atoms with Gasteiger partial charge in [0.1, 0.15) is 11.7 Å². The van der Waals surface area contributed by atoms with E-state index in [1.165, 1.54) is 17.0 Å². The number of hydrogen-bond acceptors (Lipinski definition) is 5. The van der Waals surface area contributed by atoms with Crippen LogP contribution in [0.15, 0.2) is 35.5 Å². The minimum absolute atomic E-state index is 0.0129. The van der Waals surface area contributed by atoms with Gasteiger partial charge in [0.15, 0.2) is 0 Å². The van der Waals surface area contributed by atoms with Gasteiger partial charge in [-0.25, -0.2) is 9.97 Å². The zero-order chi connectivity index (χ0) is 17.8. The number of nitrogens with zero attached hydrogens (tertiary/aromatic N) is 3. The van der Waals surface area contributed by atoms with Crippen LogP contribution in [0.4, 0.5) is 0 Å². The van der Waals surface area contributed by atoms with Crippen molar-refractivity contribution in [1.82, 2.24) is 19.9 Å². The first kappa shape index (κ1) is 17.4. The summed E-state index contributed by atoms with van der Waals surface area (Å²) in [7, 11) is 1.63. The summed E-state index contributed by atoms with van der Waals surface area (Å²) in [4.78, 5) is 32.3. The first-order chi connectivity index (χ1) is 12.0. The number of nitrogens with one attached hydrogen (secondary N) is 1. The number of aryl methyl sites for hydroxylation is 1. The summed E-state index contributed by atoms with van der Waals surface area (Å²) in [6.07, 6.45) is 7.74. The minimum atomic E-state index is -0.327. The fourth-order valence-electron chi connectivity index (χ4n) is 2.87. The first-order valence-corrected chi connectivity index (χ1v) is 8.51. The molecule has 0 atom stereocenters. The number of carbonyl (C=O) groups excluding carboxylic acids is 1. The molecule has 0 saturated heterocycles. The van der Waals surface area contributed by atoms with Gasteiger partial charge in [0.05, 0.1) is 17.4 Å². The molecule has 0 aromatic carbocycles. The van der Waals surface area contributed by atoms with Gasteiger partial charge in [0.2, 0.25) is 0 Å². The molecule has 0 radical (unpaired) electrons. The maximum atomic E-state index is 12.3. The third kappa shape index (κ3) is 4.36. The molecule has 0 aliphatic heterocycles. The van der Waals surface area contributed by atoms with Gasteiger partial charge < -0.3 is 14.6 Å². The van der Waals surface area contributed by atoms with Gasteiger partial charge in [-0.1, -0.05) is 11.6 Å². The maximum absolute atomic E-state index is 12.3. The smallest absolute Gasteiger partial charge is 0.316 e. The Morgan fingerprint density at radius 1 is 1.28 bits per heavy atom. The third-order valence-electron chi connectivity index (χ3n) is 4.25. The number of amides is 1. The fourth-order valence-corrected chi connectivity index (χ4v) is 2.97. The Morgan fingerprint density at radius 2 is 1.96 bits per heavy atom. The van der Waals surface area contributed by atoms with E-state index in [2.05, 4.69) is 15.3 Å². The molecule has 1 aliphatic carbocycles. The highest BCUT2D eigenvalue weighted by Crippen LogP contribution is 2.22. The van der Waals surface area contributed by atoms with E-state index >= 15 is 0 Å². The molecule has 2 aromatic heterocycles. The zero-order valence-electron chi connectivity index (χ0n) is 13.8. The Labute approximate surface area is 150 Å². The topological polar surface area (TPSA) is 86.1 Å². The fraction of sp³-hybridized carbons (Fsp3) is 0.412. The lowest BCUT2D eigenvalue weighted by molar-refractivity contribution is 0.0883. The molecule has 1 aliphatic rings. The van der Waals surface area contributed by atoms with Crippen LogP contribution in [-0.2, 0) is 7.05 Å². The molecule has 2 aromatic rings. The lowest BCUT2D eigenvalue weighted by Crippen LogP contribution is -2.41. The second-order valence-corrected chi connectivity index (χ2v) is 6.52. The molecule has 25 heavy (non-hydrogen) atoms. The number of pyridine rings is 1. The van der Waals surface area contributed by atoms with Crippen molar-refractivity contribution >= 4 is 17.5 Å². The van der Waals surface area contributed by atoms with Gasteiger partial charge in [0, 0.05) is 19.3 Å². The molecule has 1 N–H and O–H groups in total. The van der Waals surface area contributed by atoms with E-state index in [4.69, 9.17) is 16.3 Å². The van der Waals surface area contributed by atoms with Crippen LogP contribution in [0.3, 0.4) is 0 Å². The number of hydrogen-bond donors (Lipinski definition) is 1. The number of aromatic nitrogens is 3. The van der Waals surface area contributed by atoms with E-state index in [0.29, 0.717) is 11.0 Å². The molecule has 2 heterocycles. The molecule has 8 heteroatoms. The van der Waals surface area contributed by atoms with Crippen molar-refractivity contribution in [2.24, 2.45) is 7.05 Å². The lowest BCUT2D eigenvalue weighted by atomic mass is 9.93. The summed E-state index contributed by atoms with van der Waals surface area (Å²) in [5, 5.41) is 3.40. The Balaban J connectivity index is 1.52. The zero-order valence-corrected chi connectivity index (χ0v) is 14.6. The van der Waals surface area contributed by atoms with Crippen LogP contribution < -0.4 is 15.6 Å². The standard InChI is InChI=1S/C17H19ClN4O3/c1-22-8-2-3-14(16(22)24)15(23)21-12-4-6-13(7-5-12)25-17-19-9-11(18)10-20-17/h2-3,8-10,12-13H,4-7H2,1H3,(H,21,23). The first-order valence-electron chi connectivity index (χ1n) is 8.13. The molecule has 132 valence electrons. The molecule has 0 unspecified atom stereocenters. The molecule has 1 fully saturated rings. The van der Waals surface area contributed by atoms with Gasteiger partial charge in [-0.05, 0) is 37.8 Å². The van der Waals surface area contributed by atoms with E-state index in [-0.39, 0.29) is 29.2 Å². The summed E-state index contributed by atoms with van der Waals surface area (Å²) >= 11 is 5.75. The van der Waals surface area contributed by atoms with Crippen LogP contribution in [0, 0.1) is 0 Å². The Kier molecular flexibility index (Phi) is 5.33. The summed E-state index contributed by atoms with van der Waals surface area (Å²) in [6, 6.07) is 3.57. The van der Waals surface area contributed by atoms with Crippen LogP contribution in [0.2, 0.25) is 5.02 Å². The van der Waals surface area contributed by atoms with Crippen molar-refractivity contribution in [1.29, 1.82) is 0 Å². The average molecular weight is 363 g/mol. The monoisotopic (exact) mass is 362 g/mol. The summed E-state index contributed by atoms with van der Waals surface area (Å²) in [5.74, 6) is -0.327. The highest BCUT2D eigenvalue weighted by atomic mass is 35.5. The average Bonchev–Trinajstić information content (AvgIpc) is 2.61. The Morgan fingerprint density at radius 3 is 2.64 bits per heavy atom. The van der Waals surface area contributed by atoms with Crippen molar-refractivity contribution in [3.05, 3.63) is 51.7 Å².